The number of halogens is 12. The van der Waals surface area contributed by atoms with Crippen LogP contribution in [0.4, 0.5) is 26.3 Å². The SMILES string of the molecule is CCNC(=NCc1c(Cl)cc(C(F)(F)F)cc1Cl)C(C)(C)C.CCNC(=NCc1c(Cl)cc(C(F)(F)F)cc1Cl)C1(C)CC1(Cl)Cl. The van der Waals surface area contributed by atoms with Crippen molar-refractivity contribution >= 4 is 81.3 Å². The highest BCUT2D eigenvalue weighted by molar-refractivity contribution is 6.53. The van der Waals surface area contributed by atoms with E-state index in [9.17, 15) is 26.3 Å². The highest BCUT2D eigenvalue weighted by atomic mass is 35.5. The summed E-state index contributed by atoms with van der Waals surface area (Å²) < 4.78 is 75.5. The molecule has 1 aliphatic rings. The standard InChI is InChI=1S/C15H15Cl4F3N2.C15H19Cl2F3N2/c1-3-23-12(13(2)7-14(13,18)19)24-6-9-10(16)4-8(5-11(9)17)15(20,21)22;1-5-21-13(14(2,3)4)22-8-10-11(16)6-9(7-12(10)17)15(18,19)20/h4-5H,3,6-7H2,1-2H3,(H,23,24);6-7H,5,8H2,1-4H3,(H,21,22). The fourth-order valence-corrected chi connectivity index (χ4v) is 6.05. The van der Waals surface area contributed by atoms with E-state index >= 15 is 0 Å². The first-order valence-corrected chi connectivity index (χ1v) is 16.2. The molecule has 0 bridgehead atoms. The lowest BCUT2D eigenvalue weighted by molar-refractivity contribution is -0.138. The largest absolute Gasteiger partial charge is 0.416 e. The van der Waals surface area contributed by atoms with E-state index in [1.165, 1.54) is 0 Å². The van der Waals surface area contributed by atoms with Crippen molar-refractivity contribution in [2.75, 3.05) is 13.1 Å². The predicted molar refractivity (Wildman–Crippen MR) is 179 cm³/mol. The third kappa shape index (κ3) is 10.6. The molecular formula is C30H34Cl6F6N4. The van der Waals surface area contributed by atoms with E-state index in [1.54, 1.807) is 0 Å². The zero-order valence-corrected chi connectivity index (χ0v) is 30.3. The van der Waals surface area contributed by atoms with Gasteiger partial charge in [-0.05, 0) is 51.5 Å². The molecule has 0 aromatic heterocycles. The molecule has 0 heterocycles. The van der Waals surface area contributed by atoms with Crippen LogP contribution in [-0.2, 0) is 25.4 Å². The third-order valence-electron chi connectivity index (χ3n) is 6.91. The number of amidine groups is 2. The summed E-state index contributed by atoms with van der Waals surface area (Å²) in [6, 6.07) is 3.44. The van der Waals surface area contributed by atoms with Gasteiger partial charge in [0, 0.05) is 49.7 Å². The molecule has 1 saturated carbocycles. The Hall–Kier alpha value is -1.30. The Balaban J connectivity index is 0.000000322. The Labute approximate surface area is 295 Å². The van der Waals surface area contributed by atoms with Gasteiger partial charge in [0.05, 0.1) is 29.6 Å². The minimum atomic E-state index is -4.51. The van der Waals surface area contributed by atoms with Crippen molar-refractivity contribution in [2.24, 2.45) is 20.8 Å². The number of alkyl halides is 8. The molecule has 0 spiro atoms. The molecule has 4 nitrogen and oxygen atoms in total. The topological polar surface area (TPSA) is 48.8 Å². The van der Waals surface area contributed by atoms with E-state index in [0.29, 0.717) is 36.5 Å². The first kappa shape index (κ1) is 40.9. The number of nitrogens with zero attached hydrogens (tertiary/aromatic N) is 2. The predicted octanol–water partition coefficient (Wildman–Crippen LogP) is 11.7. The second-order valence-corrected chi connectivity index (χ2v) is 14.8. The molecule has 0 aliphatic heterocycles. The zero-order chi connectivity index (χ0) is 35.5. The third-order valence-corrected chi connectivity index (χ3v) is 9.36. The molecule has 0 amide bonds. The van der Waals surface area contributed by atoms with Crippen LogP contribution in [-0.4, -0.2) is 29.1 Å². The number of hydrogen-bond acceptors (Lipinski definition) is 2. The Bertz CT molecular complexity index is 1400. The molecule has 2 aromatic rings. The van der Waals surface area contributed by atoms with Gasteiger partial charge >= 0.3 is 12.4 Å². The summed E-state index contributed by atoms with van der Waals surface area (Å²) in [6.07, 6.45) is -8.46. The van der Waals surface area contributed by atoms with Gasteiger partial charge < -0.3 is 10.6 Å². The highest BCUT2D eigenvalue weighted by Crippen LogP contribution is 2.64. The van der Waals surface area contributed by atoms with Gasteiger partial charge in [0.25, 0.3) is 0 Å². The van der Waals surface area contributed by atoms with Gasteiger partial charge in [-0.3, -0.25) is 9.98 Å². The first-order chi connectivity index (χ1) is 20.9. The van der Waals surface area contributed by atoms with E-state index in [2.05, 4.69) is 20.6 Å². The Morgan fingerprint density at radius 3 is 1.35 bits per heavy atom. The lowest BCUT2D eigenvalue weighted by Gasteiger charge is -2.22. The van der Waals surface area contributed by atoms with Gasteiger partial charge in [-0.15, -0.1) is 23.2 Å². The molecule has 2 aromatic carbocycles. The van der Waals surface area contributed by atoms with Crippen LogP contribution in [0.25, 0.3) is 0 Å². The first-order valence-electron chi connectivity index (χ1n) is 13.9. The molecule has 1 aliphatic carbocycles. The summed E-state index contributed by atoms with van der Waals surface area (Å²) in [5.74, 6) is 1.34. The molecule has 16 heteroatoms. The fourth-order valence-electron chi connectivity index (χ4n) is 4.13. The maximum absolute atomic E-state index is 12.8. The van der Waals surface area contributed by atoms with Gasteiger partial charge in [-0.25, -0.2) is 0 Å². The monoisotopic (exact) mass is 774 g/mol. The zero-order valence-electron chi connectivity index (χ0n) is 25.8. The summed E-state index contributed by atoms with van der Waals surface area (Å²) in [5, 5.41) is 6.01. The van der Waals surface area contributed by atoms with Crippen LogP contribution in [0.3, 0.4) is 0 Å². The molecular weight excluding hydrogens is 743 g/mol. The van der Waals surface area contributed by atoms with Gasteiger partial charge in [0.15, 0.2) is 0 Å². The highest BCUT2D eigenvalue weighted by Gasteiger charge is 2.66. The van der Waals surface area contributed by atoms with Crippen molar-refractivity contribution in [3.63, 3.8) is 0 Å². The summed E-state index contributed by atoms with van der Waals surface area (Å²) in [5.41, 5.74) is -1.79. The van der Waals surface area contributed by atoms with Crippen LogP contribution < -0.4 is 10.6 Å². The van der Waals surface area contributed by atoms with Gasteiger partial charge in [-0.1, -0.05) is 67.2 Å². The number of benzene rings is 2. The summed E-state index contributed by atoms with van der Waals surface area (Å²) >= 11 is 36.1. The van der Waals surface area contributed by atoms with Crippen LogP contribution in [0.5, 0.6) is 0 Å². The molecule has 1 atom stereocenters. The Morgan fingerprint density at radius 1 is 0.717 bits per heavy atom. The molecule has 0 radical (unpaired) electrons. The van der Waals surface area contributed by atoms with E-state index in [0.717, 1.165) is 30.1 Å². The Morgan fingerprint density at radius 2 is 1.07 bits per heavy atom. The van der Waals surface area contributed by atoms with Crippen molar-refractivity contribution in [2.45, 2.75) is 77.7 Å². The molecule has 46 heavy (non-hydrogen) atoms. The molecule has 1 fully saturated rings. The van der Waals surface area contributed by atoms with Crippen molar-refractivity contribution in [3.8, 4) is 0 Å². The van der Waals surface area contributed by atoms with Crippen LogP contribution in [0.2, 0.25) is 20.1 Å². The van der Waals surface area contributed by atoms with E-state index in [1.807, 2.05) is 41.5 Å². The maximum Gasteiger partial charge on any atom is 0.416 e. The minimum absolute atomic E-state index is 0.0254. The normalized spacial score (nSPS) is 18.6. The van der Waals surface area contributed by atoms with Crippen molar-refractivity contribution < 1.29 is 26.3 Å². The lowest BCUT2D eigenvalue weighted by Crippen LogP contribution is -2.35. The number of hydrogen-bond donors (Lipinski definition) is 2. The lowest BCUT2D eigenvalue weighted by atomic mass is 9.94. The second kappa shape index (κ2) is 15.5. The second-order valence-electron chi connectivity index (χ2n) is 11.7. The average molecular weight is 777 g/mol. The summed E-state index contributed by atoms with van der Waals surface area (Å²) in [7, 11) is 0. The van der Waals surface area contributed by atoms with Crippen molar-refractivity contribution in [1.82, 2.24) is 10.6 Å². The molecule has 3 rings (SSSR count). The van der Waals surface area contributed by atoms with Gasteiger partial charge in [0.1, 0.15) is 16.0 Å². The molecule has 1 unspecified atom stereocenters. The smallest absolute Gasteiger partial charge is 0.374 e. The van der Waals surface area contributed by atoms with Crippen LogP contribution in [0.1, 0.15) is 70.2 Å². The van der Waals surface area contributed by atoms with Crippen LogP contribution in [0.15, 0.2) is 34.3 Å². The van der Waals surface area contributed by atoms with Gasteiger partial charge in [-0.2, -0.15) is 26.3 Å². The van der Waals surface area contributed by atoms with E-state index in [-0.39, 0.29) is 38.6 Å². The fraction of sp³-hybridized carbons (Fsp3) is 0.533. The quantitative estimate of drug-likeness (QED) is 0.127. The van der Waals surface area contributed by atoms with Crippen LogP contribution in [0, 0.1) is 10.8 Å². The van der Waals surface area contributed by atoms with Crippen LogP contribution >= 0.6 is 69.6 Å². The van der Waals surface area contributed by atoms with Crippen molar-refractivity contribution in [1.29, 1.82) is 0 Å². The molecule has 0 saturated heterocycles. The Kier molecular flexibility index (Phi) is 13.8. The van der Waals surface area contributed by atoms with E-state index < -0.39 is 33.2 Å². The average Bonchev–Trinajstić information content (AvgIpc) is 3.42. The summed E-state index contributed by atoms with van der Waals surface area (Å²) in [6.45, 7) is 13.1. The number of aliphatic imine (C=N–C) groups is 2. The van der Waals surface area contributed by atoms with Gasteiger partial charge in [0.2, 0.25) is 0 Å². The summed E-state index contributed by atoms with van der Waals surface area (Å²) in [4.78, 5) is 8.84. The van der Waals surface area contributed by atoms with E-state index in [4.69, 9.17) is 69.6 Å². The molecule has 258 valence electrons. The molecule has 2 N–H and O–H groups in total. The maximum atomic E-state index is 12.8. The van der Waals surface area contributed by atoms with Crippen molar-refractivity contribution in [3.05, 3.63) is 66.6 Å². The minimum Gasteiger partial charge on any atom is -0.374 e. The number of nitrogens with one attached hydrogen (secondary N) is 2. The number of rotatable bonds is 7.